The van der Waals surface area contributed by atoms with Crippen molar-refractivity contribution in [2.45, 2.75) is 20.0 Å². The van der Waals surface area contributed by atoms with E-state index >= 15 is 0 Å². The lowest BCUT2D eigenvalue weighted by Gasteiger charge is -2.22. The van der Waals surface area contributed by atoms with Crippen LogP contribution in [0.25, 0.3) is 0 Å². The van der Waals surface area contributed by atoms with E-state index < -0.39 is 0 Å². The van der Waals surface area contributed by atoms with Gasteiger partial charge in [-0.15, -0.1) is 11.3 Å². The van der Waals surface area contributed by atoms with Gasteiger partial charge in [0.25, 0.3) is 0 Å². The van der Waals surface area contributed by atoms with Crippen molar-refractivity contribution in [2.24, 2.45) is 0 Å². The van der Waals surface area contributed by atoms with Crippen LogP contribution in [0.3, 0.4) is 0 Å². The minimum Gasteiger partial charge on any atom is -0.496 e. The molecule has 0 atom stereocenters. The van der Waals surface area contributed by atoms with Gasteiger partial charge in [0.05, 0.1) is 26.5 Å². The largest absolute Gasteiger partial charge is 0.496 e. The van der Waals surface area contributed by atoms with Crippen molar-refractivity contribution in [1.82, 2.24) is 4.90 Å². The molecule has 1 heterocycles. The standard InChI is InChI=1S/C23H26N2O3S/c1-17-10-11-22(28-3)20(13-17)24-23(26)16-25(15-19-8-6-12-29-19)14-18-7-4-5-9-21(18)27-2/h4-13H,14-16H2,1-3H3,(H,24,26). The molecule has 0 radical (unpaired) electrons. The van der Waals surface area contributed by atoms with Crippen LogP contribution in [0.2, 0.25) is 0 Å². The number of ether oxygens (including phenoxy) is 2. The van der Waals surface area contributed by atoms with Gasteiger partial charge in [0.1, 0.15) is 11.5 Å². The topological polar surface area (TPSA) is 50.8 Å². The van der Waals surface area contributed by atoms with Crippen molar-refractivity contribution in [3.05, 3.63) is 76.0 Å². The van der Waals surface area contributed by atoms with Crippen LogP contribution in [0.5, 0.6) is 11.5 Å². The van der Waals surface area contributed by atoms with Crippen LogP contribution in [0.15, 0.2) is 60.0 Å². The van der Waals surface area contributed by atoms with Crippen LogP contribution in [0.4, 0.5) is 5.69 Å². The van der Waals surface area contributed by atoms with Crippen molar-refractivity contribution >= 4 is 22.9 Å². The van der Waals surface area contributed by atoms with Crippen molar-refractivity contribution in [2.75, 3.05) is 26.1 Å². The molecule has 1 aromatic heterocycles. The van der Waals surface area contributed by atoms with Gasteiger partial charge in [0.15, 0.2) is 0 Å². The number of aryl methyl sites for hydroxylation is 1. The first-order chi connectivity index (χ1) is 14.1. The van der Waals surface area contributed by atoms with E-state index in [1.807, 2.05) is 60.8 Å². The molecule has 0 saturated heterocycles. The van der Waals surface area contributed by atoms with E-state index in [1.165, 1.54) is 4.88 Å². The summed E-state index contributed by atoms with van der Waals surface area (Å²) in [6, 6.07) is 17.8. The minimum atomic E-state index is -0.0830. The summed E-state index contributed by atoms with van der Waals surface area (Å²) in [5, 5.41) is 5.04. The number of amides is 1. The van der Waals surface area contributed by atoms with Crippen LogP contribution < -0.4 is 14.8 Å². The van der Waals surface area contributed by atoms with E-state index in [-0.39, 0.29) is 12.5 Å². The van der Waals surface area contributed by atoms with Gasteiger partial charge in [-0.25, -0.2) is 0 Å². The summed E-state index contributed by atoms with van der Waals surface area (Å²) in [7, 11) is 3.27. The Bertz CT molecular complexity index is 941. The van der Waals surface area contributed by atoms with E-state index in [0.29, 0.717) is 24.5 Å². The number of benzene rings is 2. The Hall–Kier alpha value is -2.83. The SMILES string of the molecule is COc1ccccc1CN(CC(=O)Nc1cc(C)ccc1OC)Cc1cccs1. The molecule has 0 aliphatic carbocycles. The number of carbonyl (C=O) groups is 1. The van der Waals surface area contributed by atoms with E-state index in [9.17, 15) is 4.79 Å². The first-order valence-corrected chi connectivity index (χ1v) is 10.3. The van der Waals surface area contributed by atoms with Gasteiger partial charge in [-0.1, -0.05) is 30.3 Å². The van der Waals surface area contributed by atoms with E-state index in [4.69, 9.17) is 9.47 Å². The molecule has 29 heavy (non-hydrogen) atoms. The van der Waals surface area contributed by atoms with Crippen LogP contribution in [-0.2, 0) is 17.9 Å². The van der Waals surface area contributed by atoms with Crippen molar-refractivity contribution < 1.29 is 14.3 Å². The third kappa shape index (κ3) is 5.82. The van der Waals surface area contributed by atoms with Gasteiger partial charge >= 0.3 is 0 Å². The number of rotatable bonds is 9. The fourth-order valence-electron chi connectivity index (χ4n) is 3.18. The highest BCUT2D eigenvalue weighted by Gasteiger charge is 2.16. The Kier molecular flexibility index (Phi) is 7.27. The molecule has 0 aliphatic heterocycles. The predicted octanol–water partition coefficient (Wildman–Crippen LogP) is 4.71. The van der Waals surface area contributed by atoms with Gasteiger partial charge in [-0.05, 0) is 42.1 Å². The highest BCUT2D eigenvalue weighted by molar-refractivity contribution is 7.09. The molecule has 0 fully saturated rings. The van der Waals surface area contributed by atoms with Gasteiger partial charge in [0, 0.05) is 23.5 Å². The molecule has 152 valence electrons. The zero-order chi connectivity index (χ0) is 20.6. The molecule has 3 aromatic rings. The summed E-state index contributed by atoms with van der Waals surface area (Å²) < 4.78 is 10.9. The highest BCUT2D eigenvalue weighted by Crippen LogP contribution is 2.26. The molecule has 0 aliphatic rings. The zero-order valence-electron chi connectivity index (χ0n) is 17.0. The molecule has 0 spiro atoms. The van der Waals surface area contributed by atoms with E-state index in [0.717, 1.165) is 16.9 Å². The number of nitrogens with zero attached hydrogens (tertiary/aromatic N) is 1. The second-order valence-electron chi connectivity index (χ2n) is 6.79. The molecule has 6 heteroatoms. The maximum Gasteiger partial charge on any atom is 0.238 e. The van der Waals surface area contributed by atoms with Crippen molar-refractivity contribution in [3.63, 3.8) is 0 Å². The van der Waals surface area contributed by atoms with Crippen LogP contribution in [-0.4, -0.2) is 31.6 Å². The number of methoxy groups -OCH3 is 2. The molecular formula is C23H26N2O3S. The summed E-state index contributed by atoms with van der Waals surface area (Å²) in [6.07, 6.45) is 0. The first-order valence-electron chi connectivity index (χ1n) is 9.40. The third-order valence-electron chi connectivity index (χ3n) is 4.54. The number of thiophene rings is 1. The van der Waals surface area contributed by atoms with Crippen LogP contribution in [0.1, 0.15) is 16.0 Å². The number of para-hydroxylation sites is 1. The number of anilines is 1. The Morgan fingerprint density at radius 2 is 1.79 bits per heavy atom. The average Bonchev–Trinajstić information content (AvgIpc) is 3.21. The Morgan fingerprint density at radius 1 is 1.00 bits per heavy atom. The third-order valence-corrected chi connectivity index (χ3v) is 5.40. The molecular weight excluding hydrogens is 384 g/mol. The summed E-state index contributed by atoms with van der Waals surface area (Å²) in [4.78, 5) is 16.2. The predicted molar refractivity (Wildman–Crippen MR) is 118 cm³/mol. The quantitative estimate of drug-likeness (QED) is 0.555. The smallest absolute Gasteiger partial charge is 0.238 e. The Morgan fingerprint density at radius 3 is 2.52 bits per heavy atom. The number of carbonyl (C=O) groups excluding carboxylic acids is 1. The molecule has 2 aromatic carbocycles. The summed E-state index contributed by atoms with van der Waals surface area (Å²) in [5.41, 5.74) is 2.80. The Balaban J connectivity index is 1.75. The van der Waals surface area contributed by atoms with Gasteiger partial charge in [0.2, 0.25) is 5.91 Å². The summed E-state index contributed by atoms with van der Waals surface area (Å²) in [6.45, 7) is 3.54. The second kappa shape index (κ2) is 10.1. The monoisotopic (exact) mass is 410 g/mol. The van der Waals surface area contributed by atoms with Gasteiger partial charge in [-0.3, -0.25) is 9.69 Å². The number of nitrogens with one attached hydrogen (secondary N) is 1. The lowest BCUT2D eigenvalue weighted by Crippen LogP contribution is -2.32. The molecule has 0 saturated carbocycles. The molecule has 5 nitrogen and oxygen atoms in total. The summed E-state index contributed by atoms with van der Waals surface area (Å²) >= 11 is 1.69. The molecule has 0 unspecified atom stereocenters. The maximum absolute atomic E-state index is 12.8. The second-order valence-corrected chi connectivity index (χ2v) is 7.82. The molecule has 1 N–H and O–H groups in total. The lowest BCUT2D eigenvalue weighted by molar-refractivity contribution is -0.117. The summed E-state index contributed by atoms with van der Waals surface area (Å²) in [5.74, 6) is 1.39. The number of hydrogen-bond acceptors (Lipinski definition) is 5. The lowest BCUT2D eigenvalue weighted by atomic mass is 10.2. The fraction of sp³-hybridized carbons (Fsp3) is 0.261. The zero-order valence-corrected chi connectivity index (χ0v) is 17.8. The van der Waals surface area contributed by atoms with Gasteiger partial charge < -0.3 is 14.8 Å². The molecule has 3 rings (SSSR count). The van der Waals surface area contributed by atoms with Crippen LogP contribution >= 0.6 is 11.3 Å². The van der Waals surface area contributed by atoms with E-state index in [2.05, 4.69) is 16.3 Å². The number of hydrogen-bond donors (Lipinski definition) is 1. The van der Waals surface area contributed by atoms with Crippen molar-refractivity contribution in [3.8, 4) is 11.5 Å². The normalized spacial score (nSPS) is 10.8. The average molecular weight is 411 g/mol. The maximum atomic E-state index is 12.8. The highest BCUT2D eigenvalue weighted by atomic mass is 32.1. The van der Waals surface area contributed by atoms with E-state index in [1.54, 1.807) is 25.6 Å². The fourth-order valence-corrected chi connectivity index (χ4v) is 3.92. The minimum absolute atomic E-state index is 0.0830. The first kappa shape index (κ1) is 20.9. The molecule has 0 bridgehead atoms. The Labute approximate surface area is 175 Å². The molecule has 1 amide bonds. The van der Waals surface area contributed by atoms with Crippen LogP contribution in [0, 0.1) is 6.92 Å². The van der Waals surface area contributed by atoms with Gasteiger partial charge in [-0.2, -0.15) is 0 Å². The van der Waals surface area contributed by atoms with Crippen molar-refractivity contribution in [1.29, 1.82) is 0 Å².